The molecule has 0 aromatic carbocycles. The van der Waals surface area contributed by atoms with Crippen molar-refractivity contribution in [2.24, 2.45) is 5.92 Å². The van der Waals surface area contributed by atoms with Crippen LogP contribution in [0, 0.1) is 12.8 Å². The lowest BCUT2D eigenvalue weighted by Gasteiger charge is -2.33. The molecule has 1 saturated heterocycles. The Labute approximate surface area is 170 Å². The van der Waals surface area contributed by atoms with E-state index in [4.69, 9.17) is 9.26 Å². The molecule has 0 bridgehead atoms. The van der Waals surface area contributed by atoms with Crippen molar-refractivity contribution >= 4 is 5.91 Å². The van der Waals surface area contributed by atoms with Crippen molar-refractivity contribution in [1.29, 1.82) is 0 Å². The van der Waals surface area contributed by atoms with Crippen molar-refractivity contribution in [3.63, 3.8) is 0 Å². The monoisotopic (exact) mass is 394 g/mol. The first-order valence-electron chi connectivity index (χ1n) is 10.5. The zero-order valence-corrected chi connectivity index (χ0v) is 16.8. The molecule has 0 radical (unpaired) electrons. The van der Waals surface area contributed by atoms with Crippen molar-refractivity contribution < 1.29 is 14.1 Å². The summed E-state index contributed by atoms with van der Waals surface area (Å²) in [5.41, 5.74) is 4.15. The quantitative estimate of drug-likeness (QED) is 0.744. The molecule has 0 spiro atoms. The summed E-state index contributed by atoms with van der Waals surface area (Å²) in [5.74, 6) is 1.82. The van der Waals surface area contributed by atoms with Gasteiger partial charge in [-0.2, -0.15) is 4.98 Å². The van der Waals surface area contributed by atoms with E-state index in [2.05, 4.69) is 27.3 Å². The molecule has 2 atom stereocenters. The number of hydrogen-bond acceptors (Lipinski definition) is 6. The van der Waals surface area contributed by atoms with Crippen LogP contribution in [-0.4, -0.2) is 45.7 Å². The van der Waals surface area contributed by atoms with Gasteiger partial charge in [-0.25, -0.2) is 0 Å². The van der Waals surface area contributed by atoms with Crippen molar-refractivity contribution in [1.82, 2.24) is 20.0 Å². The molecule has 7 heteroatoms. The molecule has 152 valence electrons. The van der Waals surface area contributed by atoms with E-state index in [-0.39, 0.29) is 17.7 Å². The van der Waals surface area contributed by atoms with Crippen LogP contribution in [0.5, 0.6) is 0 Å². The maximum absolute atomic E-state index is 13.0. The summed E-state index contributed by atoms with van der Waals surface area (Å²) in [7, 11) is 0. The molecule has 3 aliphatic rings. The molecule has 2 aromatic rings. The van der Waals surface area contributed by atoms with Crippen LogP contribution in [0.15, 0.2) is 22.9 Å². The summed E-state index contributed by atoms with van der Waals surface area (Å²) < 4.78 is 11.0. The lowest BCUT2D eigenvalue weighted by molar-refractivity contribution is -0.136. The number of aromatic nitrogens is 3. The Bertz CT molecular complexity index is 946. The van der Waals surface area contributed by atoms with E-state index < -0.39 is 0 Å². The summed E-state index contributed by atoms with van der Waals surface area (Å²) >= 11 is 0. The van der Waals surface area contributed by atoms with Crippen LogP contribution in [0.3, 0.4) is 0 Å². The van der Waals surface area contributed by atoms with E-state index in [0.29, 0.717) is 24.9 Å². The van der Waals surface area contributed by atoms with E-state index >= 15 is 0 Å². The molecule has 5 rings (SSSR count). The van der Waals surface area contributed by atoms with E-state index in [1.807, 2.05) is 18.0 Å². The third-order valence-electron chi connectivity index (χ3n) is 6.33. The Balaban J connectivity index is 1.40. The van der Waals surface area contributed by atoms with Gasteiger partial charge in [-0.15, -0.1) is 0 Å². The largest absolute Gasteiger partial charge is 0.381 e. The van der Waals surface area contributed by atoms with Gasteiger partial charge in [-0.05, 0) is 50.2 Å². The average molecular weight is 394 g/mol. The third-order valence-corrected chi connectivity index (χ3v) is 6.33. The van der Waals surface area contributed by atoms with Gasteiger partial charge in [0.25, 0.3) is 0 Å². The highest BCUT2D eigenvalue weighted by Crippen LogP contribution is 2.33. The van der Waals surface area contributed by atoms with Crippen LogP contribution in [0.2, 0.25) is 0 Å². The van der Waals surface area contributed by atoms with E-state index in [9.17, 15) is 4.79 Å². The number of nitrogens with zero attached hydrogens (tertiary/aromatic N) is 4. The zero-order valence-electron chi connectivity index (χ0n) is 16.8. The molecule has 29 heavy (non-hydrogen) atoms. The number of fused-ring (bicyclic) bond motifs is 1. The van der Waals surface area contributed by atoms with Gasteiger partial charge in [0, 0.05) is 43.1 Å². The number of carbonyl (C=O) groups is 1. The number of aryl methyl sites for hydroxylation is 1. The highest BCUT2D eigenvalue weighted by Gasteiger charge is 2.31. The minimum Gasteiger partial charge on any atom is -0.381 e. The minimum absolute atomic E-state index is 0.118. The standard InChI is InChI=1S/C22H26N4O3/c1-14-19(20-24-21(29-25-20)16-8-10-28-13-16)18-7-9-26(12-17(18)11-23-14)22(27)15-5-3-2-4-6-15/h2-3,11,15-16H,4-10,12-13H2,1H3. The van der Waals surface area contributed by atoms with Crippen molar-refractivity contribution in [2.45, 2.75) is 51.5 Å². The van der Waals surface area contributed by atoms with Gasteiger partial charge >= 0.3 is 0 Å². The van der Waals surface area contributed by atoms with Crippen LogP contribution in [0.4, 0.5) is 0 Å². The van der Waals surface area contributed by atoms with Crippen LogP contribution >= 0.6 is 0 Å². The summed E-state index contributed by atoms with van der Waals surface area (Å²) in [4.78, 5) is 24.2. The lowest BCUT2D eigenvalue weighted by Crippen LogP contribution is -2.40. The second-order valence-corrected chi connectivity index (χ2v) is 8.23. The predicted octanol–water partition coefficient (Wildman–Crippen LogP) is 3.18. The van der Waals surface area contributed by atoms with Gasteiger partial charge in [0.15, 0.2) is 0 Å². The van der Waals surface area contributed by atoms with Crippen LogP contribution < -0.4 is 0 Å². The van der Waals surface area contributed by atoms with E-state index in [1.54, 1.807) is 0 Å². The number of ether oxygens (including phenoxy) is 1. The molecule has 2 aliphatic heterocycles. The van der Waals surface area contributed by atoms with Crippen molar-refractivity contribution in [2.75, 3.05) is 19.8 Å². The highest BCUT2D eigenvalue weighted by atomic mass is 16.5. The van der Waals surface area contributed by atoms with Crippen LogP contribution in [0.25, 0.3) is 11.4 Å². The molecule has 1 aliphatic carbocycles. The normalized spacial score (nSPS) is 24.0. The summed E-state index contributed by atoms with van der Waals surface area (Å²) in [6.45, 7) is 4.69. The molecule has 2 aromatic heterocycles. The summed E-state index contributed by atoms with van der Waals surface area (Å²) in [6, 6.07) is 0. The van der Waals surface area contributed by atoms with Crippen LogP contribution in [0.1, 0.15) is 54.3 Å². The number of carbonyl (C=O) groups excluding carboxylic acids is 1. The van der Waals surface area contributed by atoms with Gasteiger partial charge in [-0.1, -0.05) is 17.3 Å². The first-order valence-corrected chi connectivity index (χ1v) is 10.5. The fourth-order valence-electron chi connectivity index (χ4n) is 4.64. The van der Waals surface area contributed by atoms with Crippen molar-refractivity contribution in [3.05, 3.63) is 41.1 Å². The Kier molecular flexibility index (Phi) is 4.91. The average Bonchev–Trinajstić information content (AvgIpc) is 3.45. The number of allylic oxidation sites excluding steroid dienone is 2. The molecular weight excluding hydrogens is 368 g/mol. The molecule has 1 fully saturated rings. The molecule has 2 unspecified atom stereocenters. The first kappa shape index (κ1) is 18.5. The van der Waals surface area contributed by atoms with Crippen LogP contribution in [-0.2, 0) is 22.5 Å². The summed E-state index contributed by atoms with van der Waals surface area (Å²) in [6.07, 6.45) is 10.7. The second kappa shape index (κ2) is 7.71. The molecular formula is C22H26N4O3. The maximum Gasteiger partial charge on any atom is 0.232 e. The molecule has 4 heterocycles. The van der Waals surface area contributed by atoms with E-state index in [0.717, 1.165) is 62.1 Å². The van der Waals surface area contributed by atoms with Gasteiger partial charge in [0.05, 0.1) is 12.5 Å². The molecule has 0 saturated carbocycles. The van der Waals surface area contributed by atoms with Gasteiger partial charge in [0.1, 0.15) is 0 Å². The fraction of sp³-hybridized carbons (Fsp3) is 0.545. The van der Waals surface area contributed by atoms with Gasteiger partial charge < -0.3 is 14.2 Å². The first-order chi connectivity index (χ1) is 14.2. The fourth-order valence-corrected chi connectivity index (χ4v) is 4.64. The van der Waals surface area contributed by atoms with E-state index in [1.165, 1.54) is 5.56 Å². The Morgan fingerprint density at radius 2 is 2.21 bits per heavy atom. The zero-order chi connectivity index (χ0) is 19.8. The van der Waals surface area contributed by atoms with Gasteiger partial charge in [0.2, 0.25) is 17.6 Å². The molecule has 1 amide bonds. The third kappa shape index (κ3) is 3.48. The Hall–Kier alpha value is -2.54. The maximum atomic E-state index is 13.0. The van der Waals surface area contributed by atoms with Crippen molar-refractivity contribution in [3.8, 4) is 11.4 Å². The highest BCUT2D eigenvalue weighted by molar-refractivity contribution is 5.80. The SMILES string of the molecule is Cc1ncc2c(c1-c1noc(C3CCOC3)n1)CCN(C(=O)C1CC=CCC1)C2. The number of hydrogen-bond donors (Lipinski definition) is 0. The number of pyridine rings is 1. The smallest absolute Gasteiger partial charge is 0.232 e. The number of rotatable bonds is 3. The Morgan fingerprint density at radius 3 is 3.00 bits per heavy atom. The molecule has 7 nitrogen and oxygen atoms in total. The summed E-state index contributed by atoms with van der Waals surface area (Å²) in [5, 5.41) is 4.26. The molecule has 0 N–H and O–H groups in total. The predicted molar refractivity (Wildman–Crippen MR) is 106 cm³/mol. The second-order valence-electron chi connectivity index (χ2n) is 8.23. The topological polar surface area (TPSA) is 81.3 Å². The lowest BCUT2D eigenvalue weighted by atomic mass is 9.90. The Morgan fingerprint density at radius 1 is 1.28 bits per heavy atom. The number of amides is 1. The van der Waals surface area contributed by atoms with Gasteiger partial charge in [-0.3, -0.25) is 9.78 Å². The minimum atomic E-state index is 0.118.